The SMILES string of the molecule is CC(C)(c1ccc(Oc2cc(N)ccc2F)cc1)c1ccc(Oc2cc(N)ccc2F)cc1. The maximum Gasteiger partial charge on any atom is 0.165 e. The van der Waals surface area contributed by atoms with Crippen LogP contribution in [-0.2, 0) is 5.41 Å². The molecular formula is C27H24F2N2O2. The number of anilines is 2. The standard InChI is InChI=1S/C27H24F2N2O2/c1-27(2,17-3-9-21(10-4-17)32-25-15-19(30)7-13-23(25)28)18-5-11-22(12-6-18)33-26-16-20(31)8-14-24(26)29/h3-16H,30-31H2,1-2H3. The molecule has 0 saturated carbocycles. The van der Waals surface area contributed by atoms with E-state index < -0.39 is 11.6 Å². The first-order chi connectivity index (χ1) is 15.7. The van der Waals surface area contributed by atoms with Gasteiger partial charge in [0.15, 0.2) is 23.1 Å². The van der Waals surface area contributed by atoms with E-state index in [1.807, 2.05) is 24.3 Å². The van der Waals surface area contributed by atoms with Gasteiger partial charge in [0.1, 0.15) is 11.5 Å². The predicted octanol–water partition coefficient (Wildman–Crippen LogP) is 7.04. The van der Waals surface area contributed by atoms with E-state index in [4.69, 9.17) is 20.9 Å². The highest BCUT2D eigenvalue weighted by Gasteiger charge is 2.23. The van der Waals surface area contributed by atoms with Crippen molar-refractivity contribution in [2.45, 2.75) is 19.3 Å². The van der Waals surface area contributed by atoms with Gasteiger partial charge in [0.2, 0.25) is 0 Å². The maximum absolute atomic E-state index is 13.9. The zero-order chi connectivity index (χ0) is 23.6. The monoisotopic (exact) mass is 446 g/mol. The first-order valence-corrected chi connectivity index (χ1v) is 10.4. The van der Waals surface area contributed by atoms with E-state index >= 15 is 0 Å². The van der Waals surface area contributed by atoms with Crippen LogP contribution in [0.15, 0.2) is 84.9 Å². The molecule has 0 spiro atoms. The lowest BCUT2D eigenvalue weighted by molar-refractivity contribution is 0.441. The fourth-order valence-corrected chi connectivity index (χ4v) is 3.50. The number of nitrogens with two attached hydrogens (primary N) is 2. The van der Waals surface area contributed by atoms with Crippen molar-refractivity contribution in [2.24, 2.45) is 0 Å². The molecule has 4 aromatic rings. The Balaban J connectivity index is 1.50. The van der Waals surface area contributed by atoms with E-state index in [0.717, 1.165) is 11.1 Å². The lowest BCUT2D eigenvalue weighted by Gasteiger charge is -2.26. The van der Waals surface area contributed by atoms with Crippen molar-refractivity contribution in [1.29, 1.82) is 0 Å². The molecule has 33 heavy (non-hydrogen) atoms. The van der Waals surface area contributed by atoms with Gasteiger partial charge in [-0.3, -0.25) is 0 Å². The summed E-state index contributed by atoms with van der Waals surface area (Å²) in [5.74, 6) is 0.213. The number of halogens is 2. The average molecular weight is 446 g/mol. The lowest BCUT2D eigenvalue weighted by Crippen LogP contribution is -2.18. The number of hydrogen-bond acceptors (Lipinski definition) is 4. The second-order valence-electron chi connectivity index (χ2n) is 8.26. The molecule has 0 aromatic heterocycles. The fraction of sp³-hybridized carbons (Fsp3) is 0.111. The number of benzene rings is 4. The summed E-state index contributed by atoms with van der Waals surface area (Å²) in [7, 11) is 0. The molecule has 4 N–H and O–H groups in total. The second kappa shape index (κ2) is 8.82. The molecule has 0 aliphatic rings. The van der Waals surface area contributed by atoms with Crippen molar-refractivity contribution in [3.05, 3.63) is 108 Å². The zero-order valence-corrected chi connectivity index (χ0v) is 18.3. The second-order valence-corrected chi connectivity index (χ2v) is 8.26. The molecule has 168 valence electrons. The molecule has 0 bridgehead atoms. The third kappa shape index (κ3) is 4.90. The third-order valence-electron chi connectivity index (χ3n) is 5.52. The summed E-state index contributed by atoms with van der Waals surface area (Å²) >= 11 is 0. The highest BCUT2D eigenvalue weighted by atomic mass is 19.1. The Morgan fingerprint density at radius 1 is 0.576 bits per heavy atom. The van der Waals surface area contributed by atoms with E-state index in [9.17, 15) is 8.78 Å². The molecule has 6 heteroatoms. The Labute approximate surface area is 191 Å². The van der Waals surface area contributed by atoms with Crippen LogP contribution in [0.3, 0.4) is 0 Å². The topological polar surface area (TPSA) is 70.5 Å². The summed E-state index contributed by atoms with van der Waals surface area (Å²) in [6.07, 6.45) is 0. The molecule has 4 aromatic carbocycles. The van der Waals surface area contributed by atoms with Crippen LogP contribution in [0.5, 0.6) is 23.0 Å². The highest BCUT2D eigenvalue weighted by Crippen LogP contribution is 2.35. The molecule has 0 amide bonds. The van der Waals surface area contributed by atoms with Crippen molar-refractivity contribution < 1.29 is 18.3 Å². The Morgan fingerprint density at radius 2 is 0.939 bits per heavy atom. The third-order valence-corrected chi connectivity index (χ3v) is 5.52. The van der Waals surface area contributed by atoms with Gasteiger partial charge in [-0.25, -0.2) is 8.78 Å². The minimum Gasteiger partial charge on any atom is -0.454 e. The Hall–Kier alpha value is -4.06. The maximum atomic E-state index is 13.9. The number of hydrogen-bond donors (Lipinski definition) is 2. The van der Waals surface area contributed by atoms with Crippen molar-refractivity contribution >= 4 is 11.4 Å². The van der Waals surface area contributed by atoms with Crippen molar-refractivity contribution in [1.82, 2.24) is 0 Å². The molecular weight excluding hydrogens is 422 g/mol. The normalized spacial score (nSPS) is 11.3. The van der Waals surface area contributed by atoms with Gasteiger partial charge in [0.05, 0.1) is 0 Å². The van der Waals surface area contributed by atoms with E-state index in [0.29, 0.717) is 22.9 Å². The molecule has 0 aliphatic carbocycles. The van der Waals surface area contributed by atoms with E-state index in [2.05, 4.69) is 13.8 Å². The molecule has 0 saturated heterocycles. The Bertz CT molecular complexity index is 1170. The summed E-state index contributed by atoms with van der Waals surface area (Å²) in [4.78, 5) is 0. The summed E-state index contributed by atoms with van der Waals surface area (Å²) < 4.78 is 39.2. The largest absolute Gasteiger partial charge is 0.454 e. The Kier molecular flexibility index (Phi) is 5.92. The molecule has 0 fully saturated rings. The summed E-state index contributed by atoms with van der Waals surface area (Å²) in [5.41, 5.74) is 14.0. The van der Waals surface area contributed by atoms with Crippen molar-refractivity contribution in [2.75, 3.05) is 11.5 Å². The van der Waals surface area contributed by atoms with Gasteiger partial charge in [-0.15, -0.1) is 0 Å². The van der Waals surface area contributed by atoms with Gasteiger partial charge < -0.3 is 20.9 Å². The molecule has 0 aliphatic heterocycles. The summed E-state index contributed by atoms with van der Waals surface area (Å²) in [6, 6.07) is 23.3. The molecule has 4 rings (SSSR count). The van der Waals surface area contributed by atoms with Gasteiger partial charge in [0, 0.05) is 28.9 Å². The van der Waals surface area contributed by atoms with Gasteiger partial charge in [-0.1, -0.05) is 38.1 Å². The first-order valence-electron chi connectivity index (χ1n) is 10.4. The van der Waals surface area contributed by atoms with Crippen LogP contribution in [0.1, 0.15) is 25.0 Å². The molecule has 4 nitrogen and oxygen atoms in total. The Morgan fingerprint density at radius 3 is 1.30 bits per heavy atom. The van der Waals surface area contributed by atoms with Crippen molar-refractivity contribution in [3.8, 4) is 23.0 Å². The van der Waals surface area contributed by atoms with E-state index in [1.165, 1.54) is 36.4 Å². The summed E-state index contributed by atoms with van der Waals surface area (Å²) in [6.45, 7) is 4.18. The van der Waals surface area contributed by atoms with Crippen LogP contribution in [-0.4, -0.2) is 0 Å². The highest BCUT2D eigenvalue weighted by molar-refractivity contribution is 5.48. The smallest absolute Gasteiger partial charge is 0.165 e. The van der Waals surface area contributed by atoms with Gasteiger partial charge in [0.25, 0.3) is 0 Å². The van der Waals surface area contributed by atoms with Crippen LogP contribution in [0, 0.1) is 11.6 Å². The van der Waals surface area contributed by atoms with Gasteiger partial charge in [-0.05, 0) is 59.7 Å². The van der Waals surface area contributed by atoms with Crippen molar-refractivity contribution in [3.63, 3.8) is 0 Å². The zero-order valence-electron chi connectivity index (χ0n) is 18.3. The first kappa shape index (κ1) is 22.1. The van der Waals surface area contributed by atoms with Crippen LogP contribution in [0.4, 0.5) is 20.2 Å². The van der Waals surface area contributed by atoms with Gasteiger partial charge in [-0.2, -0.15) is 0 Å². The molecule has 0 radical (unpaired) electrons. The minimum atomic E-state index is -0.478. The average Bonchev–Trinajstić information content (AvgIpc) is 2.79. The number of rotatable bonds is 6. The summed E-state index contributed by atoms with van der Waals surface area (Å²) in [5, 5.41) is 0. The van der Waals surface area contributed by atoms with E-state index in [1.54, 1.807) is 24.3 Å². The van der Waals surface area contributed by atoms with E-state index in [-0.39, 0.29) is 16.9 Å². The quantitative estimate of drug-likeness (QED) is 0.312. The fourth-order valence-electron chi connectivity index (χ4n) is 3.50. The number of nitrogen functional groups attached to an aromatic ring is 2. The van der Waals surface area contributed by atoms with Gasteiger partial charge >= 0.3 is 0 Å². The van der Waals surface area contributed by atoms with Crippen LogP contribution < -0.4 is 20.9 Å². The molecule has 0 atom stereocenters. The van der Waals surface area contributed by atoms with Crippen LogP contribution in [0.2, 0.25) is 0 Å². The lowest BCUT2D eigenvalue weighted by atomic mass is 9.78. The molecule has 0 heterocycles. The molecule has 0 unspecified atom stereocenters. The van der Waals surface area contributed by atoms with Crippen LogP contribution in [0.25, 0.3) is 0 Å². The predicted molar refractivity (Wildman–Crippen MR) is 127 cm³/mol. The number of ether oxygens (including phenoxy) is 2. The minimum absolute atomic E-state index is 0.0780. The van der Waals surface area contributed by atoms with Crippen LogP contribution >= 0.6 is 0 Å².